The van der Waals surface area contributed by atoms with E-state index in [1.165, 1.54) is 31.4 Å². The number of thiocarbonyl (C=S) groups is 1. The van der Waals surface area contributed by atoms with Crippen LogP contribution in [0, 0.1) is 10.1 Å². The summed E-state index contributed by atoms with van der Waals surface area (Å²) in [5, 5.41) is 16.8. The summed E-state index contributed by atoms with van der Waals surface area (Å²) in [5.41, 5.74) is 0.596. The highest BCUT2D eigenvalue weighted by molar-refractivity contribution is 7.80. The fourth-order valence-corrected chi connectivity index (χ4v) is 3.14. The summed E-state index contributed by atoms with van der Waals surface area (Å²) in [6, 6.07) is 12.3. The number of carbonyl (C=O) groups is 1. The first-order valence-corrected chi connectivity index (χ1v) is 9.45. The third-order valence-corrected chi connectivity index (χ3v) is 4.93. The SMILES string of the molecule is COc1ccc(NC(=S)NC(=O)c2ccc(-c3cccc(Cl)c3Cl)o2)cc1[N+](=O)[O-]. The van der Waals surface area contributed by atoms with Gasteiger partial charge in [0.2, 0.25) is 0 Å². The standard InChI is InChI=1S/C19H13Cl2N3O5S/c1-28-15-6-5-10(9-13(15)24(26)27)22-19(30)23-18(25)16-8-7-14(29-16)11-3-2-4-12(20)17(11)21/h2-9H,1H3,(H2,22,23,25,30). The van der Waals surface area contributed by atoms with Crippen molar-refractivity contribution < 1.29 is 18.9 Å². The summed E-state index contributed by atoms with van der Waals surface area (Å²) in [6.45, 7) is 0. The molecule has 2 N–H and O–H groups in total. The maximum Gasteiger partial charge on any atom is 0.312 e. The zero-order valence-corrected chi connectivity index (χ0v) is 17.6. The predicted molar refractivity (Wildman–Crippen MR) is 117 cm³/mol. The number of hydrogen-bond donors (Lipinski definition) is 2. The van der Waals surface area contributed by atoms with Gasteiger partial charge in [0.25, 0.3) is 5.91 Å². The van der Waals surface area contributed by atoms with Crippen molar-refractivity contribution in [3.8, 4) is 17.1 Å². The molecule has 3 rings (SSSR count). The largest absolute Gasteiger partial charge is 0.490 e. The van der Waals surface area contributed by atoms with Crippen LogP contribution in [0.15, 0.2) is 52.9 Å². The fraction of sp³-hybridized carbons (Fsp3) is 0.0526. The van der Waals surface area contributed by atoms with Crippen LogP contribution in [0.1, 0.15) is 10.6 Å². The van der Waals surface area contributed by atoms with Crippen molar-refractivity contribution in [3.05, 3.63) is 74.5 Å². The Labute approximate surface area is 185 Å². The van der Waals surface area contributed by atoms with Crippen LogP contribution >= 0.6 is 35.4 Å². The Kier molecular flexibility index (Phi) is 6.56. The van der Waals surface area contributed by atoms with Gasteiger partial charge in [-0.15, -0.1) is 0 Å². The molecule has 0 aliphatic carbocycles. The molecule has 0 radical (unpaired) electrons. The summed E-state index contributed by atoms with van der Waals surface area (Å²) in [7, 11) is 1.33. The minimum absolute atomic E-state index is 0.00842. The van der Waals surface area contributed by atoms with E-state index in [2.05, 4.69) is 10.6 Å². The molecule has 11 heteroatoms. The number of nitro benzene ring substituents is 1. The number of carbonyl (C=O) groups excluding carboxylic acids is 1. The summed E-state index contributed by atoms with van der Waals surface area (Å²) < 4.78 is 10.5. The summed E-state index contributed by atoms with van der Waals surface area (Å²) in [6.07, 6.45) is 0. The molecule has 3 aromatic rings. The molecule has 0 aliphatic rings. The van der Waals surface area contributed by atoms with Gasteiger partial charge >= 0.3 is 5.69 Å². The third kappa shape index (κ3) is 4.70. The predicted octanol–water partition coefficient (Wildman–Crippen LogP) is 5.30. The van der Waals surface area contributed by atoms with Gasteiger partial charge in [0.15, 0.2) is 16.6 Å². The molecule has 0 spiro atoms. The lowest BCUT2D eigenvalue weighted by atomic mass is 10.2. The molecule has 0 unspecified atom stereocenters. The second-order valence-electron chi connectivity index (χ2n) is 5.82. The van der Waals surface area contributed by atoms with Crippen LogP contribution in [-0.2, 0) is 0 Å². The van der Waals surface area contributed by atoms with Crippen LogP contribution in [-0.4, -0.2) is 23.1 Å². The molecule has 1 aromatic heterocycles. The Hall–Kier alpha value is -3.14. The molecule has 0 bridgehead atoms. The molecular formula is C19H13Cl2N3O5S. The maximum absolute atomic E-state index is 12.4. The van der Waals surface area contributed by atoms with Crippen molar-refractivity contribution in [3.63, 3.8) is 0 Å². The second kappa shape index (κ2) is 9.12. The van der Waals surface area contributed by atoms with E-state index in [0.717, 1.165) is 0 Å². The Morgan fingerprint density at radius 3 is 2.67 bits per heavy atom. The van der Waals surface area contributed by atoms with Crippen molar-refractivity contribution in [2.45, 2.75) is 0 Å². The average molecular weight is 466 g/mol. The van der Waals surface area contributed by atoms with E-state index in [-0.39, 0.29) is 22.3 Å². The molecule has 0 atom stereocenters. The van der Waals surface area contributed by atoms with Gasteiger partial charge in [0.05, 0.1) is 22.1 Å². The zero-order valence-electron chi connectivity index (χ0n) is 15.3. The van der Waals surface area contributed by atoms with Crippen molar-refractivity contribution in [1.82, 2.24) is 5.32 Å². The molecule has 1 heterocycles. The van der Waals surface area contributed by atoms with E-state index < -0.39 is 10.8 Å². The van der Waals surface area contributed by atoms with E-state index in [1.54, 1.807) is 24.3 Å². The number of amides is 1. The van der Waals surface area contributed by atoms with Gasteiger partial charge in [-0.25, -0.2) is 0 Å². The van der Waals surface area contributed by atoms with E-state index in [4.69, 9.17) is 44.6 Å². The number of ether oxygens (including phenoxy) is 1. The number of nitro groups is 1. The number of methoxy groups -OCH3 is 1. The highest BCUT2D eigenvalue weighted by Crippen LogP contribution is 2.34. The highest BCUT2D eigenvalue weighted by Gasteiger charge is 2.18. The normalized spacial score (nSPS) is 10.4. The van der Waals surface area contributed by atoms with Gasteiger partial charge < -0.3 is 14.5 Å². The number of halogens is 2. The van der Waals surface area contributed by atoms with Crippen molar-refractivity contribution in [1.29, 1.82) is 0 Å². The molecule has 154 valence electrons. The smallest absolute Gasteiger partial charge is 0.312 e. The summed E-state index contributed by atoms with van der Waals surface area (Å²) in [4.78, 5) is 22.9. The first-order valence-electron chi connectivity index (χ1n) is 8.29. The quantitative estimate of drug-likeness (QED) is 0.299. The van der Waals surface area contributed by atoms with Crippen LogP contribution < -0.4 is 15.4 Å². The van der Waals surface area contributed by atoms with Gasteiger partial charge in [-0.1, -0.05) is 29.3 Å². The average Bonchev–Trinajstić information content (AvgIpc) is 3.20. The molecule has 1 amide bonds. The number of nitrogens with zero attached hydrogens (tertiary/aromatic N) is 1. The van der Waals surface area contributed by atoms with E-state index in [0.29, 0.717) is 27.1 Å². The lowest BCUT2D eigenvalue weighted by molar-refractivity contribution is -0.385. The van der Waals surface area contributed by atoms with Crippen molar-refractivity contribution in [2.24, 2.45) is 0 Å². The Bertz CT molecular complexity index is 1150. The van der Waals surface area contributed by atoms with Gasteiger partial charge in [-0.2, -0.15) is 0 Å². The van der Waals surface area contributed by atoms with Gasteiger partial charge in [0, 0.05) is 17.3 Å². The van der Waals surface area contributed by atoms with Gasteiger partial charge in [-0.05, 0) is 48.6 Å². The molecule has 0 saturated carbocycles. The zero-order chi connectivity index (χ0) is 21.8. The number of hydrogen-bond acceptors (Lipinski definition) is 6. The van der Waals surface area contributed by atoms with Gasteiger partial charge in [-0.3, -0.25) is 20.2 Å². The molecule has 0 saturated heterocycles. The summed E-state index contributed by atoms with van der Waals surface area (Å²) in [5.74, 6) is -0.161. The van der Waals surface area contributed by atoms with Crippen LogP contribution in [0.5, 0.6) is 5.75 Å². The van der Waals surface area contributed by atoms with E-state index >= 15 is 0 Å². The van der Waals surface area contributed by atoms with Crippen LogP contribution in [0.25, 0.3) is 11.3 Å². The first-order chi connectivity index (χ1) is 14.3. The molecular weight excluding hydrogens is 453 g/mol. The minimum atomic E-state index is -0.611. The lowest BCUT2D eigenvalue weighted by Gasteiger charge is -2.09. The van der Waals surface area contributed by atoms with Crippen LogP contribution in [0.2, 0.25) is 10.0 Å². The number of nitrogens with one attached hydrogen (secondary N) is 2. The Morgan fingerprint density at radius 2 is 1.97 bits per heavy atom. The van der Waals surface area contributed by atoms with Crippen molar-refractivity contribution in [2.75, 3.05) is 12.4 Å². The number of anilines is 1. The second-order valence-corrected chi connectivity index (χ2v) is 7.01. The number of benzene rings is 2. The highest BCUT2D eigenvalue weighted by atomic mass is 35.5. The monoisotopic (exact) mass is 465 g/mol. The minimum Gasteiger partial charge on any atom is -0.490 e. The molecule has 0 aliphatic heterocycles. The summed E-state index contributed by atoms with van der Waals surface area (Å²) >= 11 is 17.3. The lowest BCUT2D eigenvalue weighted by Crippen LogP contribution is -2.33. The van der Waals surface area contributed by atoms with Crippen LogP contribution in [0.3, 0.4) is 0 Å². The topological polar surface area (TPSA) is 107 Å². The third-order valence-electron chi connectivity index (χ3n) is 3.91. The molecule has 0 fully saturated rings. The molecule has 8 nitrogen and oxygen atoms in total. The molecule has 30 heavy (non-hydrogen) atoms. The maximum atomic E-state index is 12.4. The first kappa shape index (κ1) is 21.6. The van der Waals surface area contributed by atoms with Gasteiger partial charge in [0.1, 0.15) is 5.76 Å². The number of rotatable bonds is 5. The van der Waals surface area contributed by atoms with E-state index in [9.17, 15) is 14.9 Å². The Balaban J connectivity index is 1.70. The van der Waals surface area contributed by atoms with Crippen LogP contribution in [0.4, 0.5) is 11.4 Å². The van der Waals surface area contributed by atoms with Crippen molar-refractivity contribution >= 4 is 57.8 Å². The Morgan fingerprint density at radius 1 is 1.20 bits per heavy atom. The number of furan rings is 1. The van der Waals surface area contributed by atoms with E-state index in [1.807, 2.05) is 0 Å². The fourth-order valence-electron chi connectivity index (χ4n) is 2.54. The molecule has 2 aromatic carbocycles.